The summed E-state index contributed by atoms with van der Waals surface area (Å²) in [5.74, 6) is 0. The fraction of sp³-hybridized carbons (Fsp3) is 0.421. The van der Waals surface area contributed by atoms with Crippen LogP contribution in [0.3, 0.4) is 0 Å². The van der Waals surface area contributed by atoms with Gasteiger partial charge in [-0.05, 0) is 48.6 Å². The monoisotopic (exact) mass is 442 g/mol. The molecule has 0 aliphatic carbocycles. The van der Waals surface area contributed by atoms with E-state index in [0.717, 1.165) is 24.8 Å². The van der Waals surface area contributed by atoms with E-state index in [2.05, 4.69) is 16.9 Å². The number of unbranched alkanes of at least 4 members (excludes halogenated alkanes) is 2. The van der Waals surface area contributed by atoms with Gasteiger partial charge in [-0.2, -0.15) is 4.98 Å². The van der Waals surface area contributed by atoms with Crippen LogP contribution < -0.4 is 11.2 Å². The average molecular weight is 444 g/mol. The highest BCUT2D eigenvalue weighted by molar-refractivity contribution is 6.42. The Morgan fingerprint density at radius 3 is 2.46 bits per heavy atom. The van der Waals surface area contributed by atoms with Gasteiger partial charge in [0.2, 0.25) is 5.28 Å². The van der Waals surface area contributed by atoms with Gasteiger partial charge in [0.1, 0.15) is 0 Å². The third-order valence-corrected chi connectivity index (χ3v) is 5.57. The highest BCUT2D eigenvalue weighted by Crippen LogP contribution is 2.23. The number of hydrogen-bond donors (Lipinski definition) is 1. The van der Waals surface area contributed by atoms with E-state index >= 15 is 0 Å². The van der Waals surface area contributed by atoms with E-state index in [1.807, 2.05) is 6.07 Å². The van der Waals surface area contributed by atoms with Crippen LogP contribution in [0.15, 0.2) is 27.8 Å². The highest BCUT2D eigenvalue weighted by Gasteiger charge is 2.16. The topological polar surface area (TPSA) is 72.7 Å². The fourth-order valence-electron chi connectivity index (χ4n) is 3.19. The Hall–Kier alpha value is -1.76. The minimum absolute atomic E-state index is 0.101. The number of hydrogen-bond acceptors (Lipinski definition) is 3. The zero-order valence-corrected chi connectivity index (χ0v) is 17.7. The van der Waals surface area contributed by atoms with Gasteiger partial charge in [-0.25, -0.2) is 4.79 Å². The maximum absolute atomic E-state index is 12.9. The van der Waals surface area contributed by atoms with Crippen LogP contribution >= 0.6 is 34.8 Å². The maximum atomic E-state index is 12.9. The molecule has 2 aromatic heterocycles. The molecule has 0 atom stereocenters. The van der Waals surface area contributed by atoms with Crippen molar-refractivity contribution in [2.24, 2.45) is 0 Å². The first-order valence-corrected chi connectivity index (χ1v) is 10.4. The first-order chi connectivity index (χ1) is 13.4. The first kappa shape index (κ1) is 21.0. The molecule has 0 spiro atoms. The summed E-state index contributed by atoms with van der Waals surface area (Å²) in [4.78, 5) is 32.6. The molecule has 0 saturated heterocycles. The summed E-state index contributed by atoms with van der Waals surface area (Å²) >= 11 is 17.9. The third kappa shape index (κ3) is 4.45. The predicted molar refractivity (Wildman–Crippen MR) is 114 cm³/mol. The van der Waals surface area contributed by atoms with E-state index < -0.39 is 5.56 Å². The lowest BCUT2D eigenvalue weighted by Gasteiger charge is -2.11. The molecule has 0 saturated carbocycles. The number of aryl methyl sites for hydroxylation is 2. The SMILES string of the molecule is CCCCCn1c(=O)n(CCCc2ccc(Cl)c(Cl)c2)c(=O)c2[nH]c(Cl)nc21. The van der Waals surface area contributed by atoms with E-state index in [-0.39, 0.29) is 23.0 Å². The lowest BCUT2D eigenvalue weighted by atomic mass is 10.1. The van der Waals surface area contributed by atoms with Crippen LogP contribution in [0.2, 0.25) is 15.3 Å². The second kappa shape index (κ2) is 9.16. The number of halogens is 3. The van der Waals surface area contributed by atoms with Gasteiger partial charge in [-0.1, -0.05) is 49.0 Å². The molecule has 0 unspecified atom stereocenters. The number of fused-ring (bicyclic) bond motifs is 1. The summed E-state index contributed by atoms with van der Waals surface area (Å²) in [7, 11) is 0. The molecule has 0 fully saturated rings. The normalized spacial score (nSPS) is 11.4. The lowest BCUT2D eigenvalue weighted by Crippen LogP contribution is -2.40. The number of aromatic nitrogens is 4. The van der Waals surface area contributed by atoms with Gasteiger partial charge in [-0.15, -0.1) is 0 Å². The summed E-state index contributed by atoms with van der Waals surface area (Å²) in [6, 6.07) is 5.43. The molecule has 9 heteroatoms. The van der Waals surface area contributed by atoms with Crippen molar-refractivity contribution in [2.45, 2.75) is 52.1 Å². The van der Waals surface area contributed by atoms with Crippen molar-refractivity contribution in [3.05, 3.63) is 59.9 Å². The smallest absolute Gasteiger partial charge is 0.323 e. The summed E-state index contributed by atoms with van der Waals surface area (Å²) in [5, 5.41) is 1.09. The summed E-state index contributed by atoms with van der Waals surface area (Å²) < 4.78 is 2.79. The van der Waals surface area contributed by atoms with E-state index in [4.69, 9.17) is 34.8 Å². The molecular formula is C19H21Cl3N4O2. The predicted octanol–water partition coefficient (Wildman–Crippen LogP) is 4.67. The number of aromatic amines is 1. The van der Waals surface area contributed by atoms with Gasteiger partial charge in [0, 0.05) is 13.1 Å². The van der Waals surface area contributed by atoms with Gasteiger partial charge >= 0.3 is 5.69 Å². The standard InChI is InChI=1S/C19H21Cl3N4O2/c1-2-3-4-9-25-16-15(23-18(22)24-16)17(27)26(19(25)28)10-5-6-12-7-8-13(20)14(21)11-12/h7-8,11H,2-6,9-10H2,1H3,(H,23,24). The Labute approximate surface area is 177 Å². The van der Waals surface area contributed by atoms with E-state index in [1.165, 1.54) is 9.13 Å². The van der Waals surface area contributed by atoms with Crippen LogP contribution in [0.25, 0.3) is 11.2 Å². The third-order valence-electron chi connectivity index (χ3n) is 4.65. The lowest BCUT2D eigenvalue weighted by molar-refractivity contribution is 0.526. The van der Waals surface area contributed by atoms with Crippen molar-refractivity contribution in [1.82, 2.24) is 19.1 Å². The van der Waals surface area contributed by atoms with Gasteiger partial charge < -0.3 is 4.98 Å². The van der Waals surface area contributed by atoms with E-state index in [0.29, 0.717) is 35.1 Å². The highest BCUT2D eigenvalue weighted by atomic mass is 35.5. The zero-order valence-electron chi connectivity index (χ0n) is 15.5. The van der Waals surface area contributed by atoms with Crippen LogP contribution in [0.1, 0.15) is 38.2 Å². The molecule has 0 bridgehead atoms. The molecule has 0 amide bonds. The molecular weight excluding hydrogens is 423 g/mol. The Balaban J connectivity index is 1.88. The van der Waals surface area contributed by atoms with Crippen LogP contribution in [-0.2, 0) is 19.5 Å². The molecule has 28 heavy (non-hydrogen) atoms. The number of nitrogens with one attached hydrogen (secondary N) is 1. The Kier molecular flexibility index (Phi) is 6.86. The zero-order chi connectivity index (χ0) is 20.3. The minimum Gasteiger partial charge on any atom is -0.323 e. The van der Waals surface area contributed by atoms with Crippen molar-refractivity contribution in [2.75, 3.05) is 0 Å². The summed E-state index contributed by atoms with van der Waals surface area (Å²) in [6.07, 6.45) is 4.12. The van der Waals surface area contributed by atoms with Crippen molar-refractivity contribution >= 4 is 46.0 Å². The molecule has 0 radical (unpaired) electrons. The van der Waals surface area contributed by atoms with Gasteiger partial charge in [0.15, 0.2) is 11.2 Å². The molecule has 0 aliphatic heterocycles. The number of nitrogens with zero attached hydrogens (tertiary/aromatic N) is 3. The summed E-state index contributed by atoms with van der Waals surface area (Å²) in [6.45, 7) is 2.88. The molecule has 150 valence electrons. The van der Waals surface area contributed by atoms with E-state index in [1.54, 1.807) is 12.1 Å². The molecule has 2 heterocycles. The van der Waals surface area contributed by atoms with Crippen LogP contribution in [0.5, 0.6) is 0 Å². The fourth-order valence-corrected chi connectivity index (χ4v) is 3.69. The molecule has 3 rings (SSSR count). The Morgan fingerprint density at radius 1 is 1.00 bits per heavy atom. The van der Waals surface area contributed by atoms with Crippen LogP contribution in [0, 0.1) is 0 Å². The van der Waals surface area contributed by atoms with Gasteiger partial charge in [0.25, 0.3) is 5.56 Å². The molecule has 6 nitrogen and oxygen atoms in total. The van der Waals surface area contributed by atoms with Crippen molar-refractivity contribution in [3.8, 4) is 0 Å². The summed E-state index contributed by atoms with van der Waals surface area (Å²) in [5.41, 5.74) is 0.815. The largest absolute Gasteiger partial charge is 0.332 e. The van der Waals surface area contributed by atoms with Crippen LogP contribution in [-0.4, -0.2) is 19.1 Å². The van der Waals surface area contributed by atoms with Crippen molar-refractivity contribution in [3.63, 3.8) is 0 Å². The number of imidazole rings is 1. The Bertz CT molecular complexity index is 1100. The number of H-pyrrole nitrogens is 1. The minimum atomic E-state index is -0.403. The first-order valence-electron chi connectivity index (χ1n) is 9.25. The molecule has 1 aromatic carbocycles. The quantitative estimate of drug-likeness (QED) is 0.406. The second-order valence-corrected chi connectivity index (χ2v) is 7.85. The van der Waals surface area contributed by atoms with Crippen molar-refractivity contribution < 1.29 is 0 Å². The second-order valence-electron chi connectivity index (χ2n) is 6.68. The van der Waals surface area contributed by atoms with Gasteiger partial charge in [-0.3, -0.25) is 13.9 Å². The van der Waals surface area contributed by atoms with Gasteiger partial charge in [0.05, 0.1) is 10.0 Å². The molecule has 0 aliphatic rings. The Morgan fingerprint density at radius 2 is 1.75 bits per heavy atom. The molecule has 3 aromatic rings. The van der Waals surface area contributed by atoms with Crippen molar-refractivity contribution in [1.29, 1.82) is 0 Å². The average Bonchev–Trinajstić information content (AvgIpc) is 3.05. The number of rotatable bonds is 8. The number of benzene rings is 1. The maximum Gasteiger partial charge on any atom is 0.332 e. The van der Waals surface area contributed by atoms with Crippen LogP contribution in [0.4, 0.5) is 0 Å². The van der Waals surface area contributed by atoms with E-state index in [9.17, 15) is 9.59 Å². The molecule has 1 N–H and O–H groups in total.